The van der Waals surface area contributed by atoms with Crippen LogP contribution in [0.1, 0.15) is 30.6 Å². The van der Waals surface area contributed by atoms with Gasteiger partial charge in [0.1, 0.15) is 5.76 Å². The van der Waals surface area contributed by atoms with Crippen molar-refractivity contribution in [1.29, 1.82) is 0 Å². The van der Waals surface area contributed by atoms with Crippen LogP contribution in [-0.4, -0.2) is 22.5 Å². The highest BCUT2D eigenvalue weighted by Gasteiger charge is 2.31. The molecule has 1 heterocycles. The predicted molar refractivity (Wildman–Crippen MR) is 76.4 cm³/mol. The number of halogens is 1. The Morgan fingerprint density at radius 2 is 2.05 bits per heavy atom. The van der Waals surface area contributed by atoms with Crippen molar-refractivity contribution < 1.29 is 24.0 Å². The molecule has 0 N–H and O–H groups in total. The third kappa shape index (κ3) is 3.62. The average Bonchev–Trinajstić information content (AvgIpc) is 2.35. The highest BCUT2D eigenvalue weighted by molar-refractivity contribution is 6.34. The third-order valence-electron chi connectivity index (χ3n) is 2.80. The minimum atomic E-state index is -1.17. The van der Waals surface area contributed by atoms with Gasteiger partial charge in [0.05, 0.1) is 22.4 Å². The Bertz CT molecular complexity index is 695. The molecule has 8 heteroatoms. The lowest BCUT2D eigenvalue weighted by Gasteiger charge is -2.30. The second kappa shape index (κ2) is 5.76. The molecule has 0 spiro atoms. The van der Waals surface area contributed by atoms with Gasteiger partial charge in [0.2, 0.25) is 5.79 Å². The molecule has 0 bridgehead atoms. The van der Waals surface area contributed by atoms with Gasteiger partial charge in [-0.15, -0.1) is 0 Å². The first-order valence-electron chi connectivity index (χ1n) is 6.27. The fraction of sp³-hybridized carbons (Fsp3) is 0.286. The Balaban J connectivity index is 2.24. The zero-order chi connectivity index (χ0) is 16.5. The summed E-state index contributed by atoms with van der Waals surface area (Å²) in [6.45, 7) is 3.06. The molecular weight excluding hydrogens is 314 g/mol. The Labute approximate surface area is 130 Å². The number of ketones is 1. The van der Waals surface area contributed by atoms with Crippen molar-refractivity contribution in [2.24, 2.45) is 0 Å². The number of nitro benzene ring substituents is 1. The molecule has 1 aromatic carbocycles. The molecule has 0 saturated carbocycles. The molecule has 116 valence electrons. The van der Waals surface area contributed by atoms with E-state index in [4.69, 9.17) is 21.1 Å². The van der Waals surface area contributed by atoms with Gasteiger partial charge in [-0.2, -0.15) is 0 Å². The van der Waals surface area contributed by atoms with Gasteiger partial charge in [0.25, 0.3) is 5.69 Å². The molecule has 0 radical (unpaired) electrons. The molecule has 7 nitrogen and oxygen atoms in total. The van der Waals surface area contributed by atoms with Crippen LogP contribution >= 0.6 is 11.6 Å². The summed E-state index contributed by atoms with van der Waals surface area (Å²) in [5, 5.41) is 10.9. The highest BCUT2D eigenvalue weighted by Crippen LogP contribution is 2.28. The minimum absolute atomic E-state index is 0.00267. The first kappa shape index (κ1) is 16.0. The monoisotopic (exact) mass is 325 g/mol. The number of carbonyl (C=O) groups is 2. The smallest absolute Gasteiger partial charge is 0.337 e. The van der Waals surface area contributed by atoms with E-state index in [0.29, 0.717) is 0 Å². The number of nitrogens with zero attached hydrogens (tertiary/aromatic N) is 1. The van der Waals surface area contributed by atoms with Gasteiger partial charge in [0.15, 0.2) is 5.78 Å². The molecule has 0 aromatic heterocycles. The van der Waals surface area contributed by atoms with E-state index in [0.717, 1.165) is 12.1 Å². The van der Waals surface area contributed by atoms with Gasteiger partial charge in [0, 0.05) is 31.5 Å². The van der Waals surface area contributed by atoms with Crippen molar-refractivity contribution in [3.05, 3.63) is 50.7 Å². The summed E-state index contributed by atoms with van der Waals surface area (Å²) < 4.78 is 10.3. The normalized spacial score (nSPS) is 16.3. The Morgan fingerprint density at radius 1 is 1.36 bits per heavy atom. The van der Waals surface area contributed by atoms with Crippen LogP contribution in [0.3, 0.4) is 0 Å². The van der Waals surface area contributed by atoms with Crippen LogP contribution in [0.4, 0.5) is 5.69 Å². The second-order valence-electron chi connectivity index (χ2n) is 5.05. The van der Waals surface area contributed by atoms with Gasteiger partial charge in [-0.25, -0.2) is 4.79 Å². The maximum Gasteiger partial charge on any atom is 0.337 e. The van der Waals surface area contributed by atoms with Gasteiger partial charge < -0.3 is 9.47 Å². The summed E-state index contributed by atoms with van der Waals surface area (Å²) in [7, 11) is 0. The van der Waals surface area contributed by atoms with Gasteiger partial charge in [-0.1, -0.05) is 11.6 Å². The van der Waals surface area contributed by atoms with E-state index >= 15 is 0 Å². The molecule has 0 unspecified atom stereocenters. The number of allylic oxidation sites excluding steroid dienone is 1. The van der Waals surface area contributed by atoms with Crippen molar-refractivity contribution in [1.82, 2.24) is 0 Å². The number of carbonyl (C=O) groups excluding carboxylic acids is 2. The lowest BCUT2D eigenvalue weighted by molar-refractivity contribution is -0.384. The van der Waals surface area contributed by atoms with E-state index in [1.807, 2.05) is 0 Å². The predicted octanol–water partition coefficient (Wildman–Crippen LogP) is 3.01. The maximum atomic E-state index is 12.2. The number of cyclic esters (lactones) is 1. The Kier molecular flexibility index (Phi) is 4.18. The molecule has 0 atom stereocenters. The summed E-state index contributed by atoms with van der Waals surface area (Å²) in [5.41, 5.74) is -0.247. The van der Waals surface area contributed by atoms with Crippen molar-refractivity contribution >= 4 is 29.0 Å². The van der Waals surface area contributed by atoms with E-state index in [1.54, 1.807) is 0 Å². The zero-order valence-corrected chi connectivity index (χ0v) is 12.5. The molecule has 1 aliphatic heterocycles. The molecule has 0 fully saturated rings. The summed E-state index contributed by atoms with van der Waals surface area (Å²) >= 11 is 5.90. The fourth-order valence-electron chi connectivity index (χ4n) is 1.95. The highest BCUT2D eigenvalue weighted by atomic mass is 35.5. The number of Topliss-reactive ketones (excluding diaryl/α,β-unsaturated/α-hetero) is 1. The van der Waals surface area contributed by atoms with Crippen LogP contribution in [0.25, 0.3) is 0 Å². The SMILES string of the molecule is CC1(C)OC(=O)C=C(CC(=O)c2cc([N+](=O)[O-])ccc2Cl)O1. The van der Waals surface area contributed by atoms with Crippen molar-refractivity contribution in [2.75, 3.05) is 0 Å². The summed E-state index contributed by atoms with van der Waals surface area (Å²) in [6, 6.07) is 3.58. The van der Waals surface area contributed by atoms with Crippen molar-refractivity contribution in [3.8, 4) is 0 Å². The number of nitro groups is 1. The summed E-state index contributed by atoms with van der Waals surface area (Å²) in [6.07, 6.45) is 0.813. The number of ether oxygens (including phenoxy) is 2. The summed E-state index contributed by atoms with van der Waals surface area (Å²) in [5.74, 6) is -2.17. The lowest BCUT2D eigenvalue weighted by atomic mass is 10.1. The number of rotatable bonds is 4. The molecular formula is C14H12ClNO6. The summed E-state index contributed by atoms with van der Waals surface area (Å²) in [4.78, 5) is 33.8. The number of hydrogen-bond donors (Lipinski definition) is 0. The van der Waals surface area contributed by atoms with E-state index in [2.05, 4.69) is 0 Å². The van der Waals surface area contributed by atoms with Gasteiger partial charge in [-0.3, -0.25) is 14.9 Å². The third-order valence-corrected chi connectivity index (χ3v) is 3.13. The van der Waals surface area contributed by atoms with Crippen molar-refractivity contribution in [2.45, 2.75) is 26.1 Å². The van der Waals surface area contributed by atoms with E-state index in [-0.39, 0.29) is 28.5 Å². The number of non-ortho nitro benzene ring substituents is 1. The fourth-order valence-corrected chi connectivity index (χ4v) is 2.17. The van der Waals surface area contributed by atoms with E-state index in [1.165, 1.54) is 26.0 Å². The lowest BCUT2D eigenvalue weighted by Crippen LogP contribution is -2.34. The number of hydrogen-bond acceptors (Lipinski definition) is 6. The first-order valence-corrected chi connectivity index (χ1v) is 6.65. The molecule has 1 aromatic rings. The standard InChI is InChI=1S/C14H12ClNO6/c1-14(2)21-9(7-13(18)22-14)6-12(17)10-5-8(16(19)20)3-4-11(10)15/h3-5,7H,6H2,1-2H3. The average molecular weight is 326 g/mol. The van der Waals surface area contributed by atoms with Crippen LogP contribution in [0, 0.1) is 10.1 Å². The van der Waals surface area contributed by atoms with E-state index < -0.39 is 22.5 Å². The number of esters is 1. The van der Waals surface area contributed by atoms with E-state index in [9.17, 15) is 19.7 Å². The molecule has 0 aliphatic carbocycles. The topological polar surface area (TPSA) is 95.7 Å². The number of benzene rings is 1. The second-order valence-corrected chi connectivity index (χ2v) is 5.46. The Hall–Kier alpha value is -2.41. The molecule has 1 aliphatic rings. The van der Waals surface area contributed by atoms with Crippen molar-refractivity contribution in [3.63, 3.8) is 0 Å². The Morgan fingerprint density at radius 3 is 2.64 bits per heavy atom. The minimum Gasteiger partial charge on any atom is -0.456 e. The molecule has 0 saturated heterocycles. The molecule has 22 heavy (non-hydrogen) atoms. The van der Waals surface area contributed by atoms with Crippen LogP contribution in [0.5, 0.6) is 0 Å². The quantitative estimate of drug-likeness (QED) is 0.365. The van der Waals surface area contributed by atoms with Gasteiger partial charge >= 0.3 is 5.97 Å². The zero-order valence-electron chi connectivity index (χ0n) is 11.8. The van der Waals surface area contributed by atoms with Crippen LogP contribution in [-0.2, 0) is 14.3 Å². The van der Waals surface area contributed by atoms with Crippen LogP contribution < -0.4 is 0 Å². The van der Waals surface area contributed by atoms with Gasteiger partial charge in [-0.05, 0) is 6.07 Å². The molecule has 0 amide bonds. The largest absolute Gasteiger partial charge is 0.456 e. The maximum absolute atomic E-state index is 12.2. The van der Waals surface area contributed by atoms with Crippen LogP contribution in [0.2, 0.25) is 5.02 Å². The molecule has 2 rings (SSSR count). The van der Waals surface area contributed by atoms with Crippen LogP contribution in [0.15, 0.2) is 30.0 Å². The first-order chi connectivity index (χ1) is 10.2.